The van der Waals surface area contributed by atoms with E-state index in [1.165, 1.54) is 13.2 Å². The number of alkyl halides is 2. The smallest absolute Gasteiger partial charge is 0.387 e. The molecule has 1 aliphatic rings. The van der Waals surface area contributed by atoms with Gasteiger partial charge in [-0.1, -0.05) is 6.07 Å². The Balaban J connectivity index is 0.00000200. The Hall–Kier alpha value is -1.11. The lowest BCUT2D eigenvalue weighted by molar-refractivity contribution is -0.0512. The summed E-state index contributed by atoms with van der Waals surface area (Å²) >= 11 is 0. The monoisotopic (exact) mass is 308 g/mol. The highest BCUT2D eigenvalue weighted by atomic mass is 35.5. The quantitative estimate of drug-likeness (QED) is 0.873. The normalized spacial score (nSPS) is 14.9. The van der Waals surface area contributed by atoms with Gasteiger partial charge < -0.3 is 14.8 Å². The van der Waals surface area contributed by atoms with E-state index in [-0.39, 0.29) is 18.2 Å². The van der Waals surface area contributed by atoms with Crippen LogP contribution in [0.25, 0.3) is 0 Å². The minimum absolute atomic E-state index is 0. The first-order chi connectivity index (χ1) is 9.10. The molecule has 0 atom stereocenters. The summed E-state index contributed by atoms with van der Waals surface area (Å²) in [5, 5.41) is 3.21. The third-order valence-electron chi connectivity index (χ3n) is 3.26. The van der Waals surface area contributed by atoms with Gasteiger partial charge in [-0.05, 0) is 24.7 Å². The van der Waals surface area contributed by atoms with Crippen molar-refractivity contribution < 1.29 is 18.3 Å². The maximum Gasteiger partial charge on any atom is 0.387 e. The van der Waals surface area contributed by atoms with Crippen LogP contribution in [0.1, 0.15) is 5.56 Å². The van der Waals surface area contributed by atoms with E-state index in [1.54, 1.807) is 12.1 Å². The van der Waals surface area contributed by atoms with Crippen molar-refractivity contribution in [2.24, 2.45) is 0 Å². The minimum atomic E-state index is -2.84. The number of ether oxygens (including phenoxy) is 2. The fourth-order valence-corrected chi connectivity index (χ4v) is 2.01. The summed E-state index contributed by atoms with van der Waals surface area (Å²) in [5.41, 5.74) is 1.01. The van der Waals surface area contributed by atoms with Crippen molar-refractivity contribution >= 4 is 12.4 Å². The summed E-state index contributed by atoms with van der Waals surface area (Å²) < 4.78 is 33.9. The molecule has 0 bridgehead atoms. The van der Waals surface area contributed by atoms with Gasteiger partial charge in [-0.25, -0.2) is 0 Å². The Morgan fingerprint density at radius 3 is 2.55 bits per heavy atom. The predicted molar refractivity (Wildman–Crippen MR) is 75.0 cm³/mol. The van der Waals surface area contributed by atoms with Crippen molar-refractivity contribution in [3.05, 3.63) is 23.8 Å². The molecule has 1 aliphatic heterocycles. The number of likely N-dealkylation sites (N-methyl/N-ethyl adjacent to an activating group) is 1. The molecule has 7 heteroatoms. The molecular formula is C13H19ClF2N2O2. The molecule has 0 spiro atoms. The Kier molecular flexibility index (Phi) is 6.45. The van der Waals surface area contributed by atoms with E-state index in [1.807, 2.05) is 7.05 Å². The largest absolute Gasteiger partial charge is 0.493 e. The first-order valence-corrected chi connectivity index (χ1v) is 6.13. The van der Waals surface area contributed by atoms with E-state index in [0.29, 0.717) is 11.8 Å². The van der Waals surface area contributed by atoms with Crippen LogP contribution < -0.4 is 14.8 Å². The molecular weight excluding hydrogens is 290 g/mol. The lowest BCUT2D eigenvalue weighted by atomic mass is 10.1. The average molecular weight is 309 g/mol. The zero-order valence-corrected chi connectivity index (χ0v) is 12.3. The van der Waals surface area contributed by atoms with Crippen molar-refractivity contribution in [1.82, 2.24) is 10.2 Å². The fourth-order valence-electron chi connectivity index (χ4n) is 2.01. The molecule has 2 rings (SSSR count). The van der Waals surface area contributed by atoms with Gasteiger partial charge in [0.05, 0.1) is 7.11 Å². The highest BCUT2D eigenvalue weighted by molar-refractivity contribution is 5.85. The van der Waals surface area contributed by atoms with Gasteiger partial charge in [0.25, 0.3) is 0 Å². The topological polar surface area (TPSA) is 33.7 Å². The number of benzene rings is 1. The molecule has 20 heavy (non-hydrogen) atoms. The molecule has 0 unspecified atom stereocenters. The van der Waals surface area contributed by atoms with Gasteiger partial charge in [-0.15, -0.1) is 12.4 Å². The number of methoxy groups -OCH3 is 1. The van der Waals surface area contributed by atoms with Crippen LogP contribution in [0.15, 0.2) is 18.2 Å². The summed E-state index contributed by atoms with van der Waals surface area (Å²) in [6, 6.07) is 5.57. The third-order valence-corrected chi connectivity index (χ3v) is 3.26. The molecule has 0 aromatic heterocycles. The van der Waals surface area contributed by atoms with Crippen LogP contribution in [-0.2, 0) is 6.54 Å². The summed E-state index contributed by atoms with van der Waals surface area (Å²) in [5.74, 6) is 0.396. The molecule has 4 nitrogen and oxygen atoms in total. The van der Waals surface area contributed by atoms with Crippen molar-refractivity contribution in [2.45, 2.75) is 19.2 Å². The van der Waals surface area contributed by atoms with Crippen LogP contribution in [0.2, 0.25) is 0 Å². The Morgan fingerprint density at radius 2 is 2.05 bits per heavy atom. The lowest BCUT2D eigenvalue weighted by Crippen LogP contribution is -2.55. The highest BCUT2D eigenvalue weighted by Gasteiger charge is 2.21. The second kappa shape index (κ2) is 7.61. The average Bonchev–Trinajstić information content (AvgIpc) is 2.28. The summed E-state index contributed by atoms with van der Waals surface area (Å²) in [6.07, 6.45) is 0. The van der Waals surface area contributed by atoms with Crippen LogP contribution in [0.4, 0.5) is 8.78 Å². The first-order valence-electron chi connectivity index (χ1n) is 6.13. The molecule has 0 amide bonds. The summed E-state index contributed by atoms with van der Waals surface area (Å²) in [7, 11) is 3.48. The maximum atomic E-state index is 12.2. The zero-order chi connectivity index (χ0) is 13.8. The standard InChI is InChI=1S/C13H18F2N2O2.ClH/c1-17(10-6-16-7-10)8-9-3-4-11(19-13(14)15)12(5-9)18-2;/h3-5,10,13,16H,6-8H2,1-2H3;1H. The molecule has 1 fully saturated rings. The van der Waals surface area contributed by atoms with Gasteiger partial charge in [0.1, 0.15) is 0 Å². The van der Waals surface area contributed by atoms with E-state index in [2.05, 4.69) is 15.0 Å². The van der Waals surface area contributed by atoms with Crippen LogP contribution in [-0.4, -0.2) is 44.8 Å². The van der Waals surface area contributed by atoms with Gasteiger partial charge in [0.2, 0.25) is 0 Å². The summed E-state index contributed by atoms with van der Waals surface area (Å²) in [4.78, 5) is 2.22. The molecule has 1 N–H and O–H groups in total. The van der Waals surface area contributed by atoms with Crippen molar-refractivity contribution in [2.75, 3.05) is 27.2 Å². The molecule has 0 aliphatic carbocycles. The molecule has 114 valence electrons. The predicted octanol–water partition coefficient (Wildman–Crippen LogP) is 2.12. The van der Waals surface area contributed by atoms with E-state index in [9.17, 15) is 8.78 Å². The zero-order valence-electron chi connectivity index (χ0n) is 11.4. The van der Waals surface area contributed by atoms with Gasteiger partial charge in [-0.3, -0.25) is 4.90 Å². The third kappa shape index (κ3) is 4.19. The lowest BCUT2D eigenvalue weighted by Gasteiger charge is -2.35. The van der Waals surface area contributed by atoms with E-state index in [0.717, 1.165) is 25.2 Å². The van der Waals surface area contributed by atoms with Crippen LogP contribution in [0.5, 0.6) is 11.5 Å². The van der Waals surface area contributed by atoms with Gasteiger partial charge in [-0.2, -0.15) is 8.78 Å². The maximum absolute atomic E-state index is 12.2. The van der Waals surface area contributed by atoms with Crippen LogP contribution >= 0.6 is 12.4 Å². The molecule has 1 saturated heterocycles. The van der Waals surface area contributed by atoms with E-state index >= 15 is 0 Å². The molecule has 0 saturated carbocycles. The van der Waals surface area contributed by atoms with Crippen molar-refractivity contribution in [3.8, 4) is 11.5 Å². The highest BCUT2D eigenvalue weighted by Crippen LogP contribution is 2.30. The SMILES string of the molecule is COc1cc(CN(C)C2CNC2)ccc1OC(F)F.Cl. The number of rotatable bonds is 6. The summed E-state index contributed by atoms with van der Waals surface area (Å²) in [6.45, 7) is -0.124. The Bertz CT molecular complexity index is 431. The second-order valence-electron chi connectivity index (χ2n) is 4.59. The molecule has 1 aromatic rings. The van der Waals surface area contributed by atoms with Crippen molar-refractivity contribution in [3.63, 3.8) is 0 Å². The molecule has 1 aromatic carbocycles. The van der Waals surface area contributed by atoms with Gasteiger partial charge in [0, 0.05) is 25.7 Å². The Morgan fingerprint density at radius 1 is 1.35 bits per heavy atom. The molecule has 0 radical (unpaired) electrons. The van der Waals surface area contributed by atoms with Gasteiger partial charge >= 0.3 is 6.61 Å². The van der Waals surface area contributed by atoms with Crippen LogP contribution in [0.3, 0.4) is 0 Å². The Labute approximate surface area is 123 Å². The second-order valence-corrected chi connectivity index (χ2v) is 4.59. The van der Waals surface area contributed by atoms with Crippen molar-refractivity contribution in [1.29, 1.82) is 0 Å². The number of nitrogens with zero attached hydrogens (tertiary/aromatic N) is 1. The number of hydrogen-bond acceptors (Lipinski definition) is 4. The fraction of sp³-hybridized carbons (Fsp3) is 0.538. The number of hydrogen-bond donors (Lipinski definition) is 1. The number of nitrogens with one attached hydrogen (secondary N) is 1. The first kappa shape index (κ1) is 16.9. The van der Waals surface area contributed by atoms with Gasteiger partial charge in [0.15, 0.2) is 11.5 Å². The number of halogens is 3. The van der Waals surface area contributed by atoms with Crippen LogP contribution in [0, 0.1) is 0 Å². The molecule has 1 heterocycles. The van der Waals surface area contributed by atoms with E-state index in [4.69, 9.17) is 4.74 Å². The van der Waals surface area contributed by atoms with E-state index < -0.39 is 6.61 Å². The minimum Gasteiger partial charge on any atom is -0.493 e.